The summed E-state index contributed by atoms with van der Waals surface area (Å²) in [5.74, 6) is -0.147. The second-order valence-corrected chi connectivity index (χ2v) is 8.16. The number of nitrogens with zero attached hydrogens (tertiary/aromatic N) is 1. The first-order valence-corrected chi connectivity index (χ1v) is 10.5. The molecule has 0 aliphatic carbocycles. The molecule has 5 nitrogen and oxygen atoms in total. The fraction of sp³-hybridized carbons (Fsp3) is 0.421. The Kier molecular flexibility index (Phi) is 7.52. The van der Waals surface area contributed by atoms with Crippen LogP contribution in [-0.2, 0) is 9.53 Å². The number of hydrogen-bond donors (Lipinski definition) is 2. The number of rotatable bonds is 7. The molecule has 2 heterocycles. The van der Waals surface area contributed by atoms with E-state index in [0.29, 0.717) is 22.3 Å². The van der Waals surface area contributed by atoms with Gasteiger partial charge in [-0.25, -0.2) is 0 Å². The third kappa shape index (κ3) is 5.44. The molecular weight excluding hydrogens is 405 g/mol. The minimum Gasteiger partial charge on any atom is -0.379 e. The molecule has 2 N–H and O–H groups in total. The molecule has 0 bridgehead atoms. The lowest BCUT2D eigenvalue weighted by Gasteiger charge is -2.34. The number of carbonyl (C=O) groups is 1. The fourth-order valence-electron chi connectivity index (χ4n) is 3.00. The maximum atomic E-state index is 12.5. The van der Waals surface area contributed by atoms with Crippen LogP contribution in [0, 0.1) is 0 Å². The van der Waals surface area contributed by atoms with E-state index in [-0.39, 0.29) is 18.0 Å². The number of ether oxygens (including phenoxy) is 1. The molecule has 1 fully saturated rings. The van der Waals surface area contributed by atoms with Gasteiger partial charge >= 0.3 is 0 Å². The molecule has 2 aromatic rings. The van der Waals surface area contributed by atoms with Gasteiger partial charge in [-0.2, -0.15) is 0 Å². The zero-order valence-corrected chi connectivity index (χ0v) is 17.4. The quantitative estimate of drug-likeness (QED) is 0.699. The van der Waals surface area contributed by atoms with Gasteiger partial charge in [0, 0.05) is 24.5 Å². The van der Waals surface area contributed by atoms with Crippen LogP contribution in [0.15, 0.2) is 35.7 Å². The lowest BCUT2D eigenvalue weighted by Crippen LogP contribution is -2.46. The molecule has 1 aliphatic rings. The van der Waals surface area contributed by atoms with Crippen LogP contribution in [-0.4, -0.2) is 49.7 Å². The molecule has 2 atom stereocenters. The van der Waals surface area contributed by atoms with Crippen molar-refractivity contribution in [1.29, 1.82) is 0 Å². The number of carbonyl (C=O) groups excluding carboxylic acids is 1. The highest BCUT2D eigenvalue weighted by Gasteiger charge is 2.25. The van der Waals surface area contributed by atoms with E-state index in [1.807, 2.05) is 6.92 Å². The van der Waals surface area contributed by atoms with E-state index in [2.05, 4.69) is 33.0 Å². The SMILES string of the molecule is CC(NCC(c1cccs1)N1CCOCC1)C(=O)Nc1cccc(Cl)c1Cl. The lowest BCUT2D eigenvalue weighted by atomic mass is 10.1. The van der Waals surface area contributed by atoms with Gasteiger partial charge in [0.1, 0.15) is 0 Å². The highest BCUT2D eigenvalue weighted by atomic mass is 35.5. The number of hydrogen-bond acceptors (Lipinski definition) is 5. The van der Waals surface area contributed by atoms with Crippen LogP contribution in [0.3, 0.4) is 0 Å². The molecule has 2 unspecified atom stereocenters. The molecule has 1 saturated heterocycles. The van der Waals surface area contributed by atoms with Crippen molar-refractivity contribution in [1.82, 2.24) is 10.2 Å². The largest absolute Gasteiger partial charge is 0.379 e. The summed E-state index contributed by atoms with van der Waals surface area (Å²) in [6.45, 7) is 5.79. The first-order chi connectivity index (χ1) is 13.1. The Morgan fingerprint density at radius 3 is 2.74 bits per heavy atom. The summed E-state index contributed by atoms with van der Waals surface area (Å²) < 4.78 is 5.47. The van der Waals surface area contributed by atoms with Crippen molar-refractivity contribution < 1.29 is 9.53 Å². The number of thiophene rings is 1. The first-order valence-electron chi connectivity index (χ1n) is 8.89. The molecule has 1 amide bonds. The molecule has 1 aromatic carbocycles. The van der Waals surface area contributed by atoms with Crippen molar-refractivity contribution in [2.75, 3.05) is 38.2 Å². The molecule has 0 radical (unpaired) electrons. The fourth-order valence-corrected chi connectivity index (χ4v) is 4.21. The highest BCUT2D eigenvalue weighted by molar-refractivity contribution is 7.10. The van der Waals surface area contributed by atoms with Crippen LogP contribution in [0.2, 0.25) is 10.0 Å². The lowest BCUT2D eigenvalue weighted by molar-refractivity contribution is -0.117. The van der Waals surface area contributed by atoms with E-state index >= 15 is 0 Å². The summed E-state index contributed by atoms with van der Waals surface area (Å²) >= 11 is 13.9. The van der Waals surface area contributed by atoms with E-state index in [1.165, 1.54) is 4.88 Å². The third-order valence-corrected chi connectivity index (χ3v) is 6.37. The number of halogens is 2. The number of benzene rings is 1. The monoisotopic (exact) mass is 427 g/mol. The van der Waals surface area contributed by atoms with Crippen LogP contribution in [0.4, 0.5) is 5.69 Å². The maximum absolute atomic E-state index is 12.5. The van der Waals surface area contributed by atoms with E-state index in [1.54, 1.807) is 29.5 Å². The van der Waals surface area contributed by atoms with Gasteiger partial charge < -0.3 is 15.4 Å². The van der Waals surface area contributed by atoms with Crippen LogP contribution < -0.4 is 10.6 Å². The molecule has 1 aliphatic heterocycles. The van der Waals surface area contributed by atoms with Gasteiger partial charge in [0.05, 0.1) is 41.0 Å². The Labute approximate surface area is 173 Å². The number of nitrogens with one attached hydrogen (secondary N) is 2. The van der Waals surface area contributed by atoms with Gasteiger partial charge in [-0.3, -0.25) is 9.69 Å². The third-order valence-electron chi connectivity index (χ3n) is 4.58. The topological polar surface area (TPSA) is 53.6 Å². The van der Waals surface area contributed by atoms with Crippen molar-refractivity contribution in [2.24, 2.45) is 0 Å². The van der Waals surface area contributed by atoms with Crippen LogP contribution in [0.25, 0.3) is 0 Å². The van der Waals surface area contributed by atoms with Crippen molar-refractivity contribution in [3.8, 4) is 0 Å². The van der Waals surface area contributed by atoms with Gasteiger partial charge in [0.25, 0.3) is 0 Å². The Morgan fingerprint density at radius 2 is 2.04 bits per heavy atom. The summed E-state index contributed by atoms with van der Waals surface area (Å²) in [5, 5.41) is 9.05. The van der Waals surface area contributed by atoms with Crippen LogP contribution in [0.5, 0.6) is 0 Å². The second-order valence-electron chi connectivity index (χ2n) is 6.40. The van der Waals surface area contributed by atoms with Gasteiger partial charge in [-0.05, 0) is 30.5 Å². The molecule has 8 heteroatoms. The summed E-state index contributed by atoms with van der Waals surface area (Å²) in [6, 6.07) is 9.24. The number of amides is 1. The van der Waals surface area contributed by atoms with E-state index < -0.39 is 0 Å². The molecular formula is C19H23Cl2N3O2S. The van der Waals surface area contributed by atoms with Crippen LogP contribution >= 0.6 is 34.5 Å². The Hall–Kier alpha value is -1.15. The standard InChI is InChI=1S/C19H23Cl2N3O2S/c1-13(19(25)23-15-5-2-4-14(20)18(15)21)22-12-16(17-6-3-11-27-17)24-7-9-26-10-8-24/h2-6,11,13,16,22H,7-10,12H2,1H3,(H,23,25). The average Bonchev–Trinajstić information content (AvgIpc) is 3.20. The number of morpholine rings is 1. The summed E-state index contributed by atoms with van der Waals surface area (Å²) in [5.41, 5.74) is 0.519. The first kappa shape index (κ1) is 20.6. The summed E-state index contributed by atoms with van der Waals surface area (Å²) in [4.78, 5) is 16.2. The molecule has 146 valence electrons. The Bertz CT molecular complexity index is 751. The normalized spacial score (nSPS) is 17.4. The molecule has 1 aromatic heterocycles. The molecule has 27 heavy (non-hydrogen) atoms. The minimum atomic E-state index is -0.372. The highest BCUT2D eigenvalue weighted by Crippen LogP contribution is 2.29. The van der Waals surface area contributed by atoms with Crippen LogP contribution in [0.1, 0.15) is 17.8 Å². The molecule has 3 rings (SSSR count). The van der Waals surface area contributed by atoms with Gasteiger partial charge in [0.2, 0.25) is 5.91 Å². The smallest absolute Gasteiger partial charge is 0.241 e. The van der Waals surface area contributed by atoms with E-state index in [9.17, 15) is 4.79 Å². The van der Waals surface area contributed by atoms with Gasteiger partial charge in [0.15, 0.2) is 0 Å². The average molecular weight is 428 g/mol. The zero-order chi connectivity index (χ0) is 19.2. The predicted octanol–water partition coefficient (Wildman–Crippen LogP) is 4.05. The maximum Gasteiger partial charge on any atom is 0.241 e. The van der Waals surface area contributed by atoms with Crippen molar-refractivity contribution in [2.45, 2.75) is 19.0 Å². The number of anilines is 1. The van der Waals surface area contributed by atoms with Crippen molar-refractivity contribution in [3.05, 3.63) is 50.6 Å². The van der Waals surface area contributed by atoms with E-state index in [4.69, 9.17) is 27.9 Å². The zero-order valence-electron chi connectivity index (χ0n) is 15.1. The summed E-state index contributed by atoms with van der Waals surface area (Å²) in [7, 11) is 0. The Balaban J connectivity index is 1.60. The Morgan fingerprint density at radius 1 is 1.26 bits per heavy atom. The van der Waals surface area contributed by atoms with E-state index in [0.717, 1.165) is 26.3 Å². The molecule has 0 saturated carbocycles. The van der Waals surface area contributed by atoms with Gasteiger partial charge in [-0.1, -0.05) is 35.3 Å². The summed E-state index contributed by atoms with van der Waals surface area (Å²) in [6.07, 6.45) is 0. The predicted molar refractivity (Wildman–Crippen MR) is 112 cm³/mol. The van der Waals surface area contributed by atoms with Gasteiger partial charge in [-0.15, -0.1) is 11.3 Å². The molecule has 0 spiro atoms. The van der Waals surface area contributed by atoms with Crippen molar-refractivity contribution >= 4 is 46.1 Å². The minimum absolute atomic E-state index is 0.147. The van der Waals surface area contributed by atoms with Crippen molar-refractivity contribution in [3.63, 3.8) is 0 Å². The second kappa shape index (κ2) is 9.87.